The predicted molar refractivity (Wildman–Crippen MR) is 117 cm³/mol. The average molecular weight is 399 g/mol. The first kappa shape index (κ1) is 20.3. The first-order valence-corrected chi connectivity index (χ1v) is 9.71. The number of morpholine rings is 1. The molecule has 2 aromatic carbocycles. The summed E-state index contributed by atoms with van der Waals surface area (Å²) in [6.45, 7) is 5.23. The molecule has 0 radical (unpaired) electrons. The maximum Gasteiger partial charge on any atom is 0.191 e. The zero-order valence-corrected chi connectivity index (χ0v) is 17.0. The molecule has 6 nitrogen and oxygen atoms in total. The number of nitrogens with zero attached hydrogens (tertiary/aromatic N) is 2. The monoisotopic (exact) mass is 398 g/mol. The highest BCUT2D eigenvalue weighted by atomic mass is 32.1. The van der Waals surface area contributed by atoms with Crippen molar-refractivity contribution in [2.45, 2.75) is 13.0 Å². The van der Waals surface area contributed by atoms with Crippen LogP contribution in [0.5, 0.6) is 5.75 Å². The fourth-order valence-corrected chi connectivity index (χ4v) is 3.44. The largest absolute Gasteiger partial charge is 0.495 e. The van der Waals surface area contributed by atoms with E-state index in [1.165, 1.54) is 5.56 Å². The third-order valence-corrected chi connectivity index (χ3v) is 4.80. The highest BCUT2D eigenvalue weighted by molar-refractivity contribution is 7.80. The van der Waals surface area contributed by atoms with Gasteiger partial charge in [-0.25, -0.2) is 0 Å². The van der Waals surface area contributed by atoms with Crippen LogP contribution in [0.3, 0.4) is 0 Å². The maximum absolute atomic E-state index is 5.51. The normalized spacial score (nSPS) is 16.3. The van der Waals surface area contributed by atoms with E-state index >= 15 is 0 Å². The molecule has 1 atom stereocenters. The van der Waals surface area contributed by atoms with Crippen LogP contribution in [0, 0.1) is 0 Å². The standard InChI is InChI=1S/C21H26N4O2S/c1-16(23-24-21(28)22-18-10-6-7-11-19(18)26-2)20(17-8-4-3-5-9-17)25-12-14-27-15-13-25/h3-11,20H,12-15H2,1-2H3,(H2,22,24,28)/b23-16-/t20-/m0/s1. The molecule has 0 aromatic heterocycles. The predicted octanol–water partition coefficient (Wildman–Crippen LogP) is 3.43. The van der Waals surface area contributed by atoms with Crippen LogP contribution in [0.15, 0.2) is 59.7 Å². The number of hydrogen-bond acceptors (Lipinski definition) is 5. The maximum atomic E-state index is 5.51. The Kier molecular flexibility index (Phi) is 7.36. The Bertz CT molecular complexity index is 807. The minimum Gasteiger partial charge on any atom is -0.495 e. The van der Waals surface area contributed by atoms with Gasteiger partial charge < -0.3 is 14.8 Å². The molecule has 1 aliphatic rings. The summed E-state index contributed by atoms with van der Waals surface area (Å²) >= 11 is 5.40. The van der Waals surface area contributed by atoms with E-state index in [2.05, 4.69) is 45.0 Å². The van der Waals surface area contributed by atoms with Gasteiger partial charge in [-0.2, -0.15) is 5.10 Å². The highest BCUT2D eigenvalue weighted by Crippen LogP contribution is 2.24. The number of methoxy groups -OCH3 is 1. The minimum atomic E-state index is 0.0756. The summed E-state index contributed by atoms with van der Waals surface area (Å²) in [5.41, 5.74) is 5.91. The second kappa shape index (κ2) is 10.2. The number of thiocarbonyl (C=S) groups is 1. The van der Waals surface area contributed by atoms with E-state index < -0.39 is 0 Å². The van der Waals surface area contributed by atoms with Crippen molar-refractivity contribution in [3.05, 3.63) is 60.2 Å². The van der Waals surface area contributed by atoms with Gasteiger partial charge in [0.05, 0.1) is 37.8 Å². The Morgan fingerprint density at radius 1 is 1.11 bits per heavy atom. The van der Waals surface area contributed by atoms with E-state index in [1.807, 2.05) is 37.3 Å². The van der Waals surface area contributed by atoms with Crippen molar-refractivity contribution >= 4 is 28.7 Å². The molecule has 0 saturated carbocycles. The lowest BCUT2D eigenvalue weighted by Gasteiger charge is -2.34. The van der Waals surface area contributed by atoms with Gasteiger partial charge in [0.2, 0.25) is 0 Å². The van der Waals surface area contributed by atoms with E-state index in [4.69, 9.17) is 21.7 Å². The Morgan fingerprint density at radius 2 is 1.79 bits per heavy atom. The van der Waals surface area contributed by atoms with Crippen LogP contribution in [0.1, 0.15) is 18.5 Å². The molecule has 7 heteroatoms. The van der Waals surface area contributed by atoms with Crippen molar-refractivity contribution in [2.75, 3.05) is 38.7 Å². The number of anilines is 1. The summed E-state index contributed by atoms with van der Waals surface area (Å²) in [6.07, 6.45) is 0. The Balaban J connectivity index is 1.72. The van der Waals surface area contributed by atoms with Crippen molar-refractivity contribution in [1.29, 1.82) is 0 Å². The van der Waals surface area contributed by atoms with Gasteiger partial charge in [-0.3, -0.25) is 10.3 Å². The zero-order chi connectivity index (χ0) is 19.8. The fraction of sp³-hybridized carbons (Fsp3) is 0.333. The number of nitrogens with one attached hydrogen (secondary N) is 2. The summed E-state index contributed by atoms with van der Waals surface area (Å²) in [7, 11) is 1.63. The van der Waals surface area contributed by atoms with Crippen LogP contribution < -0.4 is 15.5 Å². The number of hydrazone groups is 1. The number of ether oxygens (including phenoxy) is 2. The van der Waals surface area contributed by atoms with E-state index in [1.54, 1.807) is 7.11 Å². The van der Waals surface area contributed by atoms with E-state index in [-0.39, 0.29) is 6.04 Å². The van der Waals surface area contributed by atoms with E-state index in [0.29, 0.717) is 5.11 Å². The molecule has 0 aliphatic carbocycles. The van der Waals surface area contributed by atoms with E-state index in [9.17, 15) is 0 Å². The lowest BCUT2D eigenvalue weighted by Crippen LogP contribution is -2.42. The lowest BCUT2D eigenvalue weighted by atomic mass is 10.0. The Hall–Kier alpha value is -2.48. The van der Waals surface area contributed by atoms with Crippen molar-refractivity contribution < 1.29 is 9.47 Å². The lowest BCUT2D eigenvalue weighted by molar-refractivity contribution is 0.0285. The number of para-hydroxylation sites is 2. The molecule has 0 spiro atoms. The Labute approximate surface area is 171 Å². The molecule has 2 aromatic rings. The van der Waals surface area contributed by atoms with E-state index in [0.717, 1.165) is 43.5 Å². The second-order valence-electron chi connectivity index (χ2n) is 6.48. The van der Waals surface area contributed by atoms with Crippen LogP contribution in [-0.2, 0) is 4.74 Å². The number of rotatable bonds is 6. The van der Waals surface area contributed by atoms with Crippen molar-refractivity contribution in [2.24, 2.45) is 5.10 Å². The zero-order valence-electron chi connectivity index (χ0n) is 16.2. The molecule has 0 unspecified atom stereocenters. The van der Waals surface area contributed by atoms with Crippen LogP contribution in [0.4, 0.5) is 5.69 Å². The SMILES string of the molecule is COc1ccccc1NC(=S)N/N=C(/C)[C@@H](c1ccccc1)N1CCOCC1. The minimum absolute atomic E-state index is 0.0756. The average Bonchev–Trinajstić information content (AvgIpc) is 2.74. The first-order valence-electron chi connectivity index (χ1n) is 9.30. The molecule has 1 aliphatic heterocycles. The summed E-state index contributed by atoms with van der Waals surface area (Å²) < 4.78 is 10.9. The molecule has 1 fully saturated rings. The molecule has 148 valence electrons. The second-order valence-corrected chi connectivity index (χ2v) is 6.89. The highest BCUT2D eigenvalue weighted by Gasteiger charge is 2.25. The fourth-order valence-electron chi connectivity index (χ4n) is 3.29. The van der Waals surface area contributed by atoms with Gasteiger partial charge in [-0.05, 0) is 36.8 Å². The first-order chi connectivity index (χ1) is 13.7. The third kappa shape index (κ3) is 5.28. The van der Waals surface area contributed by atoms with Gasteiger partial charge in [-0.15, -0.1) is 0 Å². The van der Waals surface area contributed by atoms with Gasteiger partial charge in [0, 0.05) is 13.1 Å². The molecule has 0 amide bonds. The van der Waals surface area contributed by atoms with Gasteiger partial charge >= 0.3 is 0 Å². The van der Waals surface area contributed by atoms with Crippen LogP contribution in [0.25, 0.3) is 0 Å². The summed E-state index contributed by atoms with van der Waals surface area (Å²) in [5.74, 6) is 0.725. The van der Waals surface area contributed by atoms with Gasteiger partial charge in [-0.1, -0.05) is 42.5 Å². The van der Waals surface area contributed by atoms with Crippen molar-refractivity contribution in [3.63, 3.8) is 0 Å². The van der Waals surface area contributed by atoms with Crippen LogP contribution >= 0.6 is 12.2 Å². The third-order valence-electron chi connectivity index (χ3n) is 4.61. The molecule has 1 heterocycles. The number of hydrogen-bond donors (Lipinski definition) is 2. The van der Waals surface area contributed by atoms with Gasteiger partial charge in [0.15, 0.2) is 5.11 Å². The number of benzene rings is 2. The molecular formula is C21H26N4O2S. The van der Waals surface area contributed by atoms with Crippen LogP contribution in [0.2, 0.25) is 0 Å². The molecule has 0 bridgehead atoms. The van der Waals surface area contributed by atoms with Gasteiger partial charge in [0.25, 0.3) is 0 Å². The summed E-state index contributed by atoms with van der Waals surface area (Å²) in [5, 5.41) is 8.11. The molecule has 28 heavy (non-hydrogen) atoms. The smallest absolute Gasteiger partial charge is 0.191 e. The van der Waals surface area contributed by atoms with Crippen molar-refractivity contribution in [3.8, 4) is 5.75 Å². The molecule has 2 N–H and O–H groups in total. The molecule has 3 rings (SSSR count). The summed E-state index contributed by atoms with van der Waals surface area (Å²) in [4.78, 5) is 2.38. The molecular weight excluding hydrogens is 372 g/mol. The van der Waals surface area contributed by atoms with Crippen LogP contribution in [-0.4, -0.2) is 49.1 Å². The topological polar surface area (TPSA) is 58.1 Å². The van der Waals surface area contributed by atoms with Gasteiger partial charge in [0.1, 0.15) is 5.75 Å². The summed E-state index contributed by atoms with van der Waals surface area (Å²) in [6, 6.07) is 18.1. The quantitative estimate of drug-likeness (QED) is 0.442. The Morgan fingerprint density at radius 3 is 2.50 bits per heavy atom. The molecule has 1 saturated heterocycles. The van der Waals surface area contributed by atoms with Crippen molar-refractivity contribution in [1.82, 2.24) is 10.3 Å².